The van der Waals surface area contributed by atoms with E-state index in [4.69, 9.17) is 18.9 Å². The second kappa shape index (κ2) is 13.3. The number of para-hydroxylation sites is 1. The van der Waals surface area contributed by atoms with E-state index in [1.54, 1.807) is 4.90 Å². The molecule has 3 aromatic carbocycles. The third-order valence-corrected chi connectivity index (χ3v) is 5.14. The first-order chi connectivity index (χ1) is 17.0. The molecule has 0 fully saturated rings. The number of anilines is 2. The van der Waals surface area contributed by atoms with Crippen molar-refractivity contribution in [1.29, 1.82) is 0 Å². The van der Waals surface area contributed by atoms with E-state index in [9.17, 15) is 4.79 Å². The number of nitrogens with zero attached hydrogens (tertiary/aromatic N) is 2. The number of ether oxygens (including phenoxy) is 4. The minimum Gasteiger partial charge on any atom is -0.492 e. The Hall–Kier alpha value is -3.59. The van der Waals surface area contributed by atoms with Gasteiger partial charge in [-0.25, -0.2) is 4.79 Å². The van der Waals surface area contributed by atoms with Gasteiger partial charge in [0.1, 0.15) is 23.9 Å². The zero-order valence-corrected chi connectivity index (χ0v) is 20.6. The molecule has 3 aromatic rings. The summed E-state index contributed by atoms with van der Waals surface area (Å²) in [4.78, 5) is 16.8. The van der Waals surface area contributed by atoms with Gasteiger partial charge >= 0.3 is 6.03 Å². The highest BCUT2D eigenvalue weighted by molar-refractivity contribution is 6.01. The van der Waals surface area contributed by atoms with E-state index in [1.165, 1.54) is 14.2 Å². The molecule has 186 valence electrons. The molecular formula is C27H33N3O5. The second-order valence-corrected chi connectivity index (χ2v) is 8.03. The maximum Gasteiger partial charge on any atom is 0.326 e. The Morgan fingerprint density at radius 1 is 0.829 bits per heavy atom. The number of carbonyl (C=O) groups excluding carboxylic acids is 1. The lowest BCUT2D eigenvalue weighted by molar-refractivity contribution is -0.0938. The highest BCUT2D eigenvalue weighted by Gasteiger charge is 2.21. The maximum atomic E-state index is 13.2. The molecule has 1 N–H and O–H groups in total. The van der Waals surface area contributed by atoms with E-state index in [0.29, 0.717) is 23.7 Å². The van der Waals surface area contributed by atoms with Gasteiger partial charge in [0, 0.05) is 32.1 Å². The second-order valence-electron chi connectivity index (χ2n) is 8.03. The standard InChI is InChI=1S/C27H33N3O5/c1-29(2)18-19-34-23-14-10-21(11-15-23)28-27(31)30(20-26(32-3)33-4)22-12-16-25(17-13-22)35-24-8-6-5-7-9-24/h5-17,26H,18-20H2,1-4H3,(H,28,31). The molecule has 0 saturated heterocycles. The number of nitrogens with one attached hydrogen (secondary N) is 1. The molecule has 0 aliphatic carbocycles. The molecule has 8 nitrogen and oxygen atoms in total. The SMILES string of the molecule is COC(CN(C(=O)Nc1ccc(OCCN(C)C)cc1)c1ccc(Oc2ccccc2)cc1)OC. The van der Waals surface area contributed by atoms with Gasteiger partial charge in [-0.2, -0.15) is 0 Å². The maximum absolute atomic E-state index is 13.2. The van der Waals surface area contributed by atoms with Gasteiger partial charge in [0.05, 0.1) is 6.54 Å². The van der Waals surface area contributed by atoms with Gasteiger partial charge in [0.25, 0.3) is 0 Å². The molecule has 0 unspecified atom stereocenters. The van der Waals surface area contributed by atoms with E-state index < -0.39 is 6.29 Å². The summed E-state index contributed by atoms with van der Waals surface area (Å²) in [6, 6.07) is 23.8. The Labute approximate surface area is 207 Å². The first-order valence-corrected chi connectivity index (χ1v) is 11.3. The quantitative estimate of drug-likeness (QED) is 0.366. The number of hydrogen-bond donors (Lipinski definition) is 1. The first-order valence-electron chi connectivity index (χ1n) is 11.3. The van der Waals surface area contributed by atoms with Crippen LogP contribution in [0, 0.1) is 0 Å². The first kappa shape index (κ1) is 26.0. The van der Waals surface area contributed by atoms with Crippen LogP contribution in [0.4, 0.5) is 16.2 Å². The highest BCUT2D eigenvalue weighted by atomic mass is 16.7. The van der Waals surface area contributed by atoms with Gasteiger partial charge < -0.3 is 29.2 Å². The molecule has 0 bridgehead atoms. The van der Waals surface area contributed by atoms with E-state index in [2.05, 4.69) is 10.2 Å². The fraction of sp³-hybridized carbons (Fsp3) is 0.296. The van der Waals surface area contributed by atoms with Crippen molar-refractivity contribution in [1.82, 2.24) is 4.90 Å². The minimum atomic E-state index is -0.589. The van der Waals surface area contributed by atoms with Crippen molar-refractivity contribution >= 4 is 17.4 Å². The molecule has 0 aliphatic rings. The van der Waals surface area contributed by atoms with Crippen LogP contribution < -0.4 is 19.7 Å². The summed E-state index contributed by atoms with van der Waals surface area (Å²) in [6.07, 6.45) is -0.589. The zero-order valence-electron chi connectivity index (χ0n) is 20.6. The summed E-state index contributed by atoms with van der Waals surface area (Å²) in [7, 11) is 7.07. The van der Waals surface area contributed by atoms with Crippen LogP contribution in [0.2, 0.25) is 0 Å². The zero-order chi connectivity index (χ0) is 25.0. The van der Waals surface area contributed by atoms with Crippen LogP contribution >= 0.6 is 0 Å². The average Bonchev–Trinajstić information content (AvgIpc) is 2.87. The van der Waals surface area contributed by atoms with Crippen molar-refractivity contribution in [3.63, 3.8) is 0 Å². The molecule has 0 saturated carbocycles. The summed E-state index contributed by atoms with van der Waals surface area (Å²) in [5, 5.41) is 2.93. The fourth-order valence-corrected chi connectivity index (χ4v) is 3.19. The van der Waals surface area contributed by atoms with Crippen LogP contribution in [-0.4, -0.2) is 65.2 Å². The summed E-state index contributed by atoms with van der Waals surface area (Å²) >= 11 is 0. The third-order valence-electron chi connectivity index (χ3n) is 5.14. The van der Waals surface area contributed by atoms with Crippen molar-refractivity contribution in [2.75, 3.05) is 58.2 Å². The van der Waals surface area contributed by atoms with Gasteiger partial charge in [-0.05, 0) is 74.8 Å². The lowest BCUT2D eigenvalue weighted by Gasteiger charge is -2.27. The summed E-state index contributed by atoms with van der Waals surface area (Å²) in [6.45, 7) is 1.61. The predicted octanol–water partition coefficient (Wildman–Crippen LogP) is 5.08. The molecule has 0 radical (unpaired) electrons. The molecular weight excluding hydrogens is 446 g/mol. The highest BCUT2D eigenvalue weighted by Crippen LogP contribution is 2.25. The Kier molecular flexibility index (Phi) is 9.92. The molecule has 8 heteroatoms. The largest absolute Gasteiger partial charge is 0.492 e. The van der Waals surface area contributed by atoms with Crippen molar-refractivity contribution < 1.29 is 23.7 Å². The summed E-state index contributed by atoms with van der Waals surface area (Å²) < 4.78 is 22.3. The van der Waals surface area contributed by atoms with Crippen LogP contribution in [0.25, 0.3) is 0 Å². The number of amides is 2. The van der Waals surface area contributed by atoms with Crippen LogP contribution in [0.15, 0.2) is 78.9 Å². The Bertz CT molecular complexity index is 1020. The van der Waals surface area contributed by atoms with Gasteiger partial charge in [0.15, 0.2) is 6.29 Å². The lowest BCUT2D eigenvalue weighted by atomic mass is 10.2. The van der Waals surface area contributed by atoms with Crippen LogP contribution in [0.3, 0.4) is 0 Å². The lowest BCUT2D eigenvalue weighted by Crippen LogP contribution is -2.41. The van der Waals surface area contributed by atoms with Crippen molar-refractivity contribution in [3.8, 4) is 17.2 Å². The number of benzene rings is 3. The normalized spacial score (nSPS) is 10.9. The average molecular weight is 480 g/mol. The van der Waals surface area contributed by atoms with Crippen molar-refractivity contribution in [2.24, 2.45) is 0 Å². The van der Waals surface area contributed by atoms with Gasteiger partial charge in [0.2, 0.25) is 0 Å². The predicted molar refractivity (Wildman–Crippen MR) is 138 cm³/mol. The van der Waals surface area contributed by atoms with Crippen LogP contribution in [-0.2, 0) is 9.47 Å². The Morgan fingerprint density at radius 2 is 1.43 bits per heavy atom. The molecule has 3 rings (SSSR count). The summed E-state index contributed by atoms with van der Waals surface area (Å²) in [5.41, 5.74) is 1.32. The van der Waals surface area contributed by atoms with Gasteiger partial charge in [-0.15, -0.1) is 0 Å². The van der Waals surface area contributed by atoms with Crippen LogP contribution in [0.1, 0.15) is 0 Å². The van der Waals surface area contributed by atoms with E-state index in [0.717, 1.165) is 18.0 Å². The molecule has 0 heterocycles. The summed E-state index contributed by atoms with van der Waals surface area (Å²) in [5.74, 6) is 2.15. The Balaban J connectivity index is 1.69. The molecule has 0 atom stereocenters. The van der Waals surface area contributed by atoms with E-state index in [1.807, 2.05) is 93.0 Å². The molecule has 0 spiro atoms. The monoisotopic (exact) mass is 479 g/mol. The number of urea groups is 1. The fourth-order valence-electron chi connectivity index (χ4n) is 3.19. The molecule has 35 heavy (non-hydrogen) atoms. The van der Waals surface area contributed by atoms with Crippen molar-refractivity contribution in [3.05, 3.63) is 78.9 Å². The van der Waals surface area contributed by atoms with Crippen LogP contribution in [0.5, 0.6) is 17.2 Å². The van der Waals surface area contributed by atoms with Crippen molar-refractivity contribution in [2.45, 2.75) is 6.29 Å². The van der Waals surface area contributed by atoms with E-state index in [-0.39, 0.29) is 12.6 Å². The minimum absolute atomic E-state index is 0.198. The molecule has 0 aromatic heterocycles. The van der Waals surface area contributed by atoms with Gasteiger partial charge in [-0.1, -0.05) is 18.2 Å². The topological polar surface area (TPSA) is 72.5 Å². The number of hydrogen-bond acceptors (Lipinski definition) is 6. The number of carbonyl (C=O) groups is 1. The number of methoxy groups -OCH3 is 2. The molecule has 2 amide bonds. The number of likely N-dealkylation sites (N-methyl/N-ethyl adjacent to an activating group) is 1. The number of rotatable bonds is 12. The third kappa shape index (κ3) is 8.29. The van der Waals surface area contributed by atoms with Gasteiger partial charge in [-0.3, -0.25) is 4.90 Å². The Morgan fingerprint density at radius 3 is 2.03 bits per heavy atom. The van der Waals surface area contributed by atoms with E-state index >= 15 is 0 Å². The molecule has 0 aliphatic heterocycles. The smallest absolute Gasteiger partial charge is 0.326 e.